The number of hydrogen-bond donors (Lipinski definition) is 1. The van der Waals surface area contributed by atoms with E-state index in [4.69, 9.17) is 27.9 Å². The van der Waals surface area contributed by atoms with Crippen LogP contribution in [0.15, 0.2) is 77.5 Å². The highest BCUT2D eigenvalue weighted by molar-refractivity contribution is 6.53. The number of nitrogens with one attached hydrogen (secondary N) is 1. The Balaban J connectivity index is 1.51. The Labute approximate surface area is 225 Å². The maximum Gasteiger partial charge on any atom is 0.416 e. The Morgan fingerprint density at radius 2 is 1.63 bits per heavy atom. The first-order chi connectivity index (χ1) is 17.9. The van der Waals surface area contributed by atoms with Gasteiger partial charge >= 0.3 is 12.1 Å². The fourth-order valence-electron chi connectivity index (χ4n) is 3.63. The van der Waals surface area contributed by atoms with Crippen molar-refractivity contribution in [2.24, 2.45) is 0 Å². The van der Waals surface area contributed by atoms with Gasteiger partial charge in [-0.1, -0.05) is 49.2 Å². The number of anilines is 2. The van der Waals surface area contributed by atoms with Crippen LogP contribution in [0.25, 0.3) is 0 Å². The van der Waals surface area contributed by atoms with Crippen molar-refractivity contribution in [3.05, 3.63) is 99.2 Å². The molecule has 4 rings (SSSR count). The average molecular weight is 563 g/mol. The maximum atomic E-state index is 13.2. The molecule has 0 bridgehead atoms. The van der Waals surface area contributed by atoms with E-state index in [0.717, 1.165) is 17.7 Å². The number of nitrogens with zero attached hydrogens (tertiary/aromatic N) is 1. The molecule has 0 atom stereocenters. The number of amides is 2. The minimum Gasteiger partial charge on any atom is -0.423 e. The van der Waals surface area contributed by atoms with Gasteiger partial charge in [-0.25, -0.2) is 9.69 Å². The molecule has 0 aromatic heterocycles. The lowest BCUT2D eigenvalue weighted by Crippen LogP contribution is -2.32. The number of alkyl halides is 3. The Bertz CT molecular complexity index is 1470. The van der Waals surface area contributed by atoms with Crippen molar-refractivity contribution in [1.82, 2.24) is 0 Å². The van der Waals surface area contributed by atoms with E-state index in [2.05, 4.69) is 5.32 Å². The van der Waals surface area contributed by atoms with Gasteiger partial charge in [-0.15, -0.1) is 0 Å². The molecule has 1 aliphatic rings. The number of carbonyl (C=O) groups is 3. The van der Waals surface area contributed by atoms with E-state index in [1.54, 1.807) is 18.2 Å². The van der Waals surface area contributed by atoms with Crippen molar-refractivity contribution in [1.29, 1.82) is 0 Å². The van der Waals surface area contributed by atoms with Crippen LogP contribution in [0, 0.1) is 0 Å². The van der Waals surface area contributed by atoms with E-state index in [-0.39, 0.29) is 27.9 Å². The lowest BCUT2D eigenvalue weighted by molar-refractivity contribution is -0.137. The highest BCUT2D eigenvalue weighted by Crippen LogP contribution is 2.38. The molecule has 6 nitrogen and oxygen atoms in total. The molecule has 196 valence electrons. The lowest BCUT2D eigenvalue weighted by Gasteiger charge is -2.18. The molecular formula is C27H19Cl2F3N2O4. The molecule has 0 unspecified atom stereocenters. The van der Waals surface area contributed by atoms with Crippen molar-refractivity contribution < 1.29 is 32.3 Å². The molecule has 0 radical (unpaired) electrons. The molecule has 38 heavy (non-hydrogen) atoms. The van der Waals surface area contributed by atoms with Crippen LogP contribution in [0.5, 0.6) is 5.75 Å². The highest BCUT2D eigenvalue weighted by atomic mass is 35.5. The standard InChI is InChI=1S/C27H19Cl2F3N2O4/c1-14(2)16-4-3-5-19(12-16)38-26(37)15-6-9-18(10-7-15)33-23-22(29)24(35)34(25(23)36)21-13-17(27(30,31)32)8-11-20(21)28/h3-14,33H,1-2H3. The van der Waals surface area contributed by atoms with Gasteiger partial charge in [0.1, 0.15) is 16.5 Å². The minimum atomic E-state index is -4.72. The van der Waals surface area contributed by atoms with Crippen molar-refractivity contribution >= 4 is 52.4 Å². The van der Waals surface area contributed by atoms with Gasteiger partial charge in [0.25, 0.3) is 11.8 Å². The zero-order valence-corrected chi connectivity index (χ0v) is 21.4. The molecular weight excluding hydrogens is 544 g/mol. The first-order valence-corrected chi connectivity index (χ1v) is 12.0. The summed E-state index contributed by atoms with van der Waals surface area (Å²) in [5, 5.41) is 1.91. The third-order valence-electron chi connectivity index (χ3n) is 5.67. The molecule has 1 heterocycles. The molecule has 3 aromatic rings. The summed E-state index contributed by atoms with van der Waals surface area (Å²) in [5.41, 5.74) is -0.381. The van der Waals surface area contributed by atoms with E-state index in [1.165, 1.54) is 24.3 Å². The van der Waals surface area contributed by atoms with Gasteiger partial charge < -0.3 is 10.1 Å². The number of ether oxygens (including phenoxy) is 1. The number of carbonyl (C=O) groups excluding carboxylic acids is 3. The SMILES string of the molecule is CC(C)c1cccc(OC(=O)c2ccc(NC3=C(Cl)C(=O)N(c4cc(C(F)(F)F)ccc4Cl)C3=O)cc2)c1. The van der Waals surface area contributed by atoms with Crippen LogP contribution in [0.3, 0.4) is 0 Å². The van der Waals surface area contributed by atoms with Crippen molar-refractivity contribution in [3.8, 4) is 5.75 Å². The van der Waals surface area contributed by atoms with Crippen LogP contribution in [-0.2, 0) is 15.8 Å². The molecule has 11 heteroatoms. The molecule has 0 saturated heterocycles. The predicted molar refractivity (Wildman–Crippen MR) is 137 cm³/mol. The minimum absolute atomic E-state index is 0.219. The van der Waals surface area contributed by atoms with Crippen LogP contribution in [0.2, 0.25) is 5.02 Å². The number of rotatable bonds is 6. The molecule has 3 aromatic carbocycles. The number of imide groups is 1. The van der Waals surface area contributed by atoms with Crippen molar-refractivity contribution in [2.75, 3.05) is 10.2 Å². The van der Waals surface area contributed by atoms with Gasteiger partial charge in [-0.2, -0.15) is 13.2 Å². The summed E-state index contributed by atoms with van der Waals surface area (Å²) >= 11 is 12.1. The van der Waals surface area contributed by atoms with E-state index >= 15 is 0 Å². The molecule has 2 amide bonds. The molecule has 0 fully saturated rings. The van der Waals surface area contributed by atoms with E-state index in [1.807, 2.05) is 19.9 Å². The summed E-state index contributed by atoms with van der Waals surface area (Å²) in [5.74, 6) is -1.99. The van der Waals surface area contributed by atoms with E-state index in [9.17, 15) is 27.6 Å². The highest BCUT2D eigenvalue weighted by Gasteiger charge is 2.41. The van der Waals surface area contributed by atoms with Crippen LogP contribution in [0.4, 0.5) is 24.5 Å². The number of hydrogen-bond acceptors (Lipinski definition) is 5. The Morgan fingerprint density at radius 1 is 0.947 bits per heavy atom. The van der Waals surface area contributed by atoms with Crippen molar-refractivity contribution in [3.63, 3.8) is 0 Å². The molecule has 1 aliphatic heterocycles. The van der Waals surface area contributed by atoms with E-state index in [0.29, 0.717) is 16.7 Å². The first kappa shape index (κ1) is 27.2. The molecule has 1 N–H and O–H groups in total. The van der Waals surface area contributed by atoms with Crippen LogP contribution < -0.4 is 15.0 Å². The lowest BCUT2D eigenvalue weighted by atomic mass is 10.0. The van der Waals surface area contributed by atoms with Gasteiger partial charge in [0, 0.05) is 5.69 Å². The van der Waals surface area contributed by atoms with E-state index < -0.39 is 40.2 Å². The Kier molecular flexibility index (Phi) is 7.53. The fourth-order valence-corrected chi connectivity index (χ4v) is 4.04. The average Bonchev–Trinajstić information content (AvgIpc) is 3.07. The molecule has 0 saturated carbocycles. The summed E-state index contributed by atoms with van der Waals surface area (Å²) in [6, 6.07) is 15.2. The predicted octanol–water partition coefficient (Wildman–Crippen LogP) is 7.14. The number of halogens is 5. The van der Waals surface area contributed by atoms with Crippen LogP contribution >= 0.6 is 23.2 Å². The third kappa shape index (κ3) is 5.54. The summed E-state index contributed by atoms with van der Waals surface area (Å²) in [7, 11) is 0. The van der Waals surface area contributed by atoms with Crippen LogP contribution in [0.1, 0.15) is 41.3 Å². The quantitative estimate of drug-likeness (QED) is 0.196. The Morgan fingerprint density at radius 3 is 2.26 bits per heavy atom. The smallest absolute Gasteiger partial charge is 0.416 e. The maximum absolute atomic E-state index is 13.2. The fraction of sp³-hybridized carbons (Fsp3) is 0.148. The topological polar surface area (TPSA) is 75.7 Å². The summed E-state index contributed by atoms with van der Waals surface area (Å²) in [6.07, 6.45) is -4.72. The summed E-state index contributed by atoms with van der Waals surface area (Å²) in [4.78, 5) is 38.7. The first-order valence-electron chi connectivity index (χ1n) is 11.2. The summed E-state index contributed by atoms with van der Waals surface area (Å²) in [6.45, 7) is 4.04. The zero-order valence-electron chi connectivity index (χ0n) is 19.9. The van der Waals surface area contributed by atoms with Gasteiger partial charge in [-0.05, 0) is 66.1 Å². The monoisotopic (exact) mass is 562 g/mol. The zero-order chi connectivity index (χ0) is 27.8. The van der Waals surface area contributed by atoms with Gasteiger partial charge in [0.15, 0.2) is 0 Å². The van der Waals surface area contributed by atoms with Gasteiger partial charge in [0.05, 0.1) is 21.8 Å². The second-order valence-corrected chi connectivity index (χ2v) is 9.40. The second kappa shape index (κ2) is 10.5. The van der Waals surface area contributed by atoms with Crippen LogP contribution in [-0.4, -0.2) is 17.8 Å². The van der Waals surface area contributed by atoms with Gasteiger partial charge in [-0.3, -0.25) is 9.59 Å². The number of esters is 1. The Hall–Kier alpha value is -3.82. The second-order valence-electron chi connectivity index (χ2n) is 8.62. The largest absolute Gasteiger partial charge is 0.423 e. The normalized spacial score (nSPS) is 13.9. The molecule has 0 aliphatic carbocycles. The van der Waals surface area contributed by atoms with Gasteiger partial charge in [0.2, 0.25) is 0 Å². The molecule has 0 spiro atoms. The van der Waals surface area contributed by atoms with Crippen molar-refractivity contribution in [2.45, 2.75) is 25.9 Å². The summed E-state index contributed by atoms with van der Waals surface area (Å²) < 4.78 is 44.9. The third-order valence-corrected chi connectivity index (χ3v) is 6.34. The number of benzene rings is 3.